The van der Waals surface area contributed by atoms with Gasteiger partial charge in [-0.05, 0) is 52.0 Å². The molecular weight excluding hydrogens is 320 g/mol. The van der Waals surface area contributed by atoms with Crippen LogP contribution in [0.4, 0.5) is 11.4 Å². The van der Waals surface area contributed by atoms with E-state index in [0.29, 0.717) is 0 Å². The van der Waals surface area contributed by atoms with Gasteiger partial charge < -0.3 is 0 Å². The normalized spacial score (nSPS) is 9.92. The number of nitrogens with zero attached hydrogens (tertiary/aromatic N) is 4. The first-order valence-corrected chi connectivity index (χ1v) is 9.49. The summed E-state index contributed by atoms with van der Waals surface area (Å²) in [5.41, 5.74) is 1.84. The topological polar surface area (TPSA) is 49.4 Å². The molecule has 0 amide bonds. The van der Waals surface area contributed by atoms with E-state index in [0.717, 1.165) is 11.4 Å². The van der Waals surface area contributed by atoms with Crippen molar-refractivity contribution < 1.29 is 0 Å². The summed E-state index contributed by atoms with van der Waals surface area (Å²) in [6, 6.07) is 20.0. The molecule has 0 aliphatic carbocycles. The van der Waals surface area contributed by atoms with Gasteiger partial charge in [0.25, 0.3) is 0 Å². The lowest BCUT2D eigenvalue weighted by atomic mass is 10.3. The maximum Gasteiger partial charge on any atom is 0.0852 e. The highest BCUT2D eigenvalue weighted by molar-refractivity contribution is 5.35. The summed E-state index contributed by atoms with van der Waals surface area (Å²) in [5, 5.41) is 16.1. The molecule has 0 saturated carbocycles. The Bertz CT molecular complexity index is 508. The van der Waals surface area contributed by atoms with Gasteiger partial charge in [0.2, 0.25) is 0 Å². The second kappa shape index (κ2) is 19.0. The summed E-state index contributed by atoms with van der Waals surface area (Å²) in [6.45, 7) is 16.0. The van der Waals surface area contributed by atoms with E-state index in [2.05, 4.69) is 20.5 Å². The fourth-order valence-corrected chi connectivity index (χ4v) is 1.35. The molecule has 4 nitrogen and oxygen atoms in total. The Kier molecular flexibility index (Phi) is 18.9. The van der Waals surface area contributed by atoms with Crippen molar-refractivity contribution in [3.8, 4) is 0 Å². The number of hydrogen-bond donors (Lipinski definition) is 0. The number of rotatable bonds is 4. The fourth-order valence-electron chi connectivity index (χ4n) is 1.35. The van der Waals surface area contributed by atoms with Crippen molar-refractivity contribution in [2.75, 3.05) is 0 Å². The monoisotopic (exact) mass is 356 g/mol. The predicted octanol–water partition coefficient (Wildman–Crippen LogP) is 8.41. The van der Waals surface area contributed by atoms with Gasteiger partial charge in [0.15, 0.2) is 0 Å². The Morgan fingerprint density at radius 3 is 1.00 bits per heavy atom. The quantitative estimate of drug-likeness (QED) is 0.494. The Morgan fingerprint density at radius 1 is 0.500 bits per heavy atom. The maximum atomic E-state index is 4.03. The smallest absolute Gasteiger partial charge is 0.0852 e. The molecule has 144 valence electrons. The van der Waals surface area contributed by atoms with Crippen molar-refractivity contribution in [3.05, 3.63) is 60.7 Å². The first-order valence-electron chi connectivity index (χ1n) is 9.49. The fraction of sp³-hybridized carbons (Fsp3) is 0.455. The SMILES string of the molecule is CC.CC.CC(C)N=Nc1ccccc1.CC(C)N=Nc1ccccc1. The second-order valence-corrected chi connectivity index (χ2v) is 5.29. The van der Waals surface area contributed by atoms with Crippen molar-refractivity contribution in [1.29, 1.82) is 0 Å². The van der Waals surface area contributed by atoms with Gasteiger partial charge in [-0.1, -0.05) is 64.1 Å². The molecular formula is C22H36N4. The highest BCUT2D eigenvalue weighted by Crippen LogP contribution is 2.11. The van der Waals surface area contributed by atoms with E-state index in [1.165, 1.54) is 0 Å². The van der Waals surface area contributed by atoms with Crippen LogP contribution in [0.15, 0.2) is 81.1 Å². The third kappa shape index (κ3) is 16.5. The minimum atomic E-state index is 0.273. The molecule has 0 radical (unpaired) electrons. The lowest BCUT2D eigenvalue weighted by molar-refractivity contribution is 0.779. The molecule has 2 rings (SSSR count). The van der Waals surface area contributed by atoms with Crippen LogP contribution in [0, 0.1) is 0 Å². The maximum absolute atomic E-state index is 4.03. The first-order chi connectivity index (χ1) is 12.6. The van der Waals surface area contributed by atoms with E-state index in [-0.39, 0.29) is 12.1 Å². The van der Waals surface area contributed by atoms with Crippen molar-refractivity contribution in [2.24, 2.45) is 20.5 Å². The van der Waals surface area contributed by atoms with Gasteiger partial charge in [0.1, 0.15) is 0 Å². The minimum absolute atomic E-state index is 0.273. The summed E-state index contributed by atoms with van der Waals surface area (Å²) in [6.07, 6.45) is 0. The van der Waals surface area contributed by atoms with E-state index in [1.54, 1.807) is 0 Å². The van der Waals surface area contributed by atoms with Crippen LogP contribution in [0.2, 0.25) is 0 Å². The summed E-state index contributed by atoms with van der Waals surface area (Å²) in [4.78, 5) is 0. The van der Waals surface area contributed by atoms with Gasteiger partial charge in [0, 0.05) is 0 Å². The van der Waals surface area contributed by atoms with E-state index >= 15 is 0 Å². The molecule has 0 aliphatic heterocycles. The summed E-state index contributed by atoms with van der Waals surface area (Å²) in [7, 11) is 0. The van der Waals surface area contributed by atoms with E-state index in [9.17, 15) is 0 Å². The van der Waals surface area contributed by atoms with Gasteiger partial charge in [0.05, 0.1) is 23.5 Å². The third-order valence-electron chi connectivity index (χ3n) is 2.32. The Hall–Kier alpha value is -2.36. The van der Waals surface area contributed by atoms with Crippen molar-refractivity contribution in [3.63, 3.8) is 0 Å². The van der Waals surface area contributed by atoms with Gasteiger partial charge in [-0.3, -0.25) is 0 Å². The lowest BCUT2D eigenvalue weighted by Gasteiger charge is -1.92. The number of azo groups is 2. The van der Waals surface area contributed by atoms with Gasteiger partial charge in [-0.15, -0.1) is 0 Å². The zero-order valence-corrected chi connectivity index (χ0v) is 17.7. The molecule has 4 heteroatoms. The Balaban J connectivity index is 0. The van der Waals surface area contributed by atoms with E-state index in [1.807, 2.05) is 116 Å². The van der Waals surface area contributed by atoms with Crippen molar-refractivity contribution in [2.45, 2.75) is 67.5 Å². The zero-order chi connectivity index (χ0) is 20.2. The molecule has 26 heavy (non-hydrogen) atoms. The van der Waals surface area contributed by atoms with Crippen LogP contribution in [-0.4, -0.2) is 12.1 Å². The summed E-state index contributed by atoms with van der Waals surface area (Å²) >= 11 is 0. The molecule has 0 saturated heterocycles. The van der Waals surface area contributed by atoms with Crippen molar-refractivity contribution in [1.82, 2.24) is 0 Å². The molecule has 2 aromatic rings. The highest BCUT2D eigenvalue weighted by atomic mass is 15.1. The average Bonchev–Trinajstić information content (AvgIpc) is 2.70. The molecule has 0 aliphatic rings. The molecule has 2 aromatic carbocycles. The lowest BCUT2D eigenvalue weighted by Crippen LogP contribution is -1.83. The molecule has 0 N–H and O–H groups in total. The molecule has 0 fully saturated rings. The molecule has 0 aromatic heterocycles. The molecule has 0 unspecified atom stereocenters. The summed E-state index contributed by atoms with van der Waals surface area (Å²) < 4.78 is 0. The van der Waals surface area contributed by atoms with Crippen LogP contribution >= 0.6 is 0 Å². The average molecular weight is 357 g/mol. The van der Waals surface area contributed by atoms with Gasteiger partial charge in [-0.2, -0.15) is 20.5 Å². The van der Waals surface area contributed by atoms with Crippen LogP contribution < -0.4 is 0 Å². The van der Waals surface area contributed by atoms with Crippen LogP contribution in [0.3, 0.4) is 0 Å². The molecule has 0 atom stereocenters. The van der Waals surface area contributed by atoms with Crippen LogP contribution in [0.1, 0.15) is 55.4 Å². The van der Waals surface area contributed by atoms with Crippen LogP contribution in [-0.2, 0) is 0 Å². The molecule has 0 bridgehead atoms. The zero-order valence-electron chi connectivity index (χ0n) is 17.7. The summed E-state index contributed by atoms with van der Waals surface area (Å²) in [5.74, 6) is 0. The number of benzene rings is 2. The van der Waals surface area contributed by atoms with Crippen LogP contribution in [0.25, 0.3) is 0 Å². The molecule has 0 spiro atoms. The van der Waals surface area contributed by atoms with E-state index in [4.69, 9.17) is 0 Å². The number of hydrogen-bond acceptors (Lipinski definition) is 4. The minimum Gasteiger partial charge on any atom is -0.186 e. The second-order valence-electron chi connectivity index (χ2n) is 5.29. The molecule has 0 heterocycles. The van der Waals surface area contributed by atoms with Crippen LogP contribution in [0.5, 0.6) is 0 Å². The standard InChI is InChI=1S/2C9H12N2.2C2H6/c2*1-8(2)10-11-9-6-4-3-5-7-9;2*1-2/h2*3-8H,1-2H3;2*1-2H3. The first kappa shape index (κ1) is 25.9. The third-order valence-corrected chi connectivity index (χ3v) is 2.32. The predicted molar refractivity (Wildman–Crippen MR) is 115 cm³/mol. The Labute approximate surface area is 160 Å². The highest BCUT2D eigenvalue weighted by Gasteiger charge is 1.87. The van der Waals surface area contributed by atoms with E-state index < -0.39 is 0 Å². The van der Waals surface area contributed by atoms with Crippen molar-refractivity contribution >= 4 is 11.4 Å². The largest absolute Gasteiger partial charge is 0.186 e. The van der Waals surface area contributed by atoms with Gasteiger partial charge in [-0.25, -0.2) is 0 Å². The van der Waals surface area contributed by atoms with Gasteiger partial charge >= 0.3 is 0 Å². The Morgan fingerprint density at radius 2 is 0.769 bits per heavy atom.